The highest BCUT2D eigenvalue weighted by Gasteiger charge is 2.32. The van der Waals surface area contributed by atoms with Crippen LogP contribution in [0.4, 0.5) is 0 Å². The first-order valence-corrected chi connectivity index (χ1v) is 7.58. The molecule has 1 aromatic rings. The number of Topliss-reactive ketones (excluding diaryl/α,β-unsaturated/α-hetero) is 1. The van der Waals surface area contributed by atoms with Crippen LogP contribution in [0.5, 0.6) is 11.5 Å². The molecule has 1 atom stereocenters. The number of hydrogen-bond acceptors (Lipinski definition) is 3. The van der Waals surface area contributed by atoms with Crippen molar-refractivity contribution in [3.63, 3.8) is 0 Å². The number of halogens is 1. The number of carbonyl (C=O) groups excluding carboxylic acids is 1. The summed E-state index contributed by atoms with van der Waals surface area (Å²) in [4.78, 5) is 14.3. The van der Waals surface area contributed by atoms with Crippen LogP contribution in [-0.4, -0.2) is 31.7 Å². The van der Waals surface area contributed by atoms with Crippen molar-refractivity contribution in [1.29, 1.82) is 0 Å². The third kappa shape index (κ3) is 3.40. The fourth-order valence-electron chi connectivity index (χ4n) is 3.24. The molecule has 0 saturated carbocycles. The summed E-state index contributed by atoms with van der Waals surface area (Å²) >= 11 is 0. The number of likely N-dealkylation sites (tertiary alicyclic amines) is 1. The minimum atomic E-state index is 0. The standard InChI is InChI=1S/C16H21NO3.BrH/c1-2-5-13(17-8-3-4-9-17)16(18)12-6-7-14-15(10-12)20-11-19-14;/h6-7,10,13H,2-5,8-9,11H2,1H3;1H/t13-;/m1./s1. The summed E-state index contributed by atoms with van der Waals surface area (Å²) in [5, 5.41) is 0. The lowest BCUT2D eigenvalue weighted by atomic mass is 9.99. The molecule has 0 radical (unpaired) electrons. The van der Waals surface area contributed by atoms with Gasteiger partial charge in [-0.2, -0.15) is 0 Å². The average Bonchev–Trinajstić information content (AvgIpc) is 3.13. The van der Waals surface area contributed by atoms with Crippen LogP contribution >= 0.6 is 0 Å². The fraction of sp³-hybridized carbons (Fsp3) is 0.562. The largest absolute Gasteiger partial charge is 1.00 e. The van der Waals surface area contributed by atoms with E-state index in [0.717, 1.165) is 37.2 Å². The Kier molecular flexibility index (Phi) is 5.65. The van der Waals surface area contributed by atoms with Gasteiger partial charge in [0.1, 0.15) is 0 Å². The van der Waals surface area contributed by atoms with Gasteiger partial charge in [-0.3, -0.25) is 4.79 Å². The molecule has 5 heteroatoms. The average molecular weight is 356 g/mol. The molecule has 0 aliphatic carbocycles. The normalized spacial score (nSPS) is 18.3. The van der Waals surface area contributed by atoms with Crippen molar-refractivity contribution in [2.45, 2.75) is 38.6 Å². The maximum atomic E-state index is 12.8. The van der Waals surface area contributed by atoms with E-state index in [9.17, 15) is 4.79 Å². The summed E-state index contributed by atoms with van der Waals surface area (Å²) < 4.78 is 10.7. The summed E-state index contributed by atoms with van der Waals surface area (Å²) in [6, 6.07) is 5.65. The predicted molar refractivity (Wildman–Crippen MR) is 75.5 cm³/mol. The second kappa shape index (κ2) is 7.27. The highest BCUT2D eigenvalue weighted by Crippen LogP contribution is 2.32. The third-order valence-corrected chi connectivity index (χ3v) is 4.29. The minimum Gasteiger partial charge on any atom is -1.00 e. The van der Waals surface area contributed by atoms with Gasteiger partial charge in [-0.25, -0.2) is 0 Å². The van der Waals surface area contributed by atoms with Crippen LogP contribution in [0.15, 0.2) is 18.2 Å². The van der Waals surface area contributed by atoms with E-state index in [1.54, 1.807) is 0 Å². The lowest BCUT2D eigenvalue weighted by Crippen LogP contribution is -3.15. The minimum absolute atomic E-state index is 0. The van der Waals surface area contributed by atoms with Crippen molar-refractivity contribution < 1.29 is 36.1 Å². The first-order chi connectivity index (χ1) is 9.79. The van der Waals surface area contributed by atoms with E-state index in [1.165, 1.54) is 17.7 Å². The van der Waals surface area contributed by atoms with E-state index in [1.807, 2.05) is 18.2 Å². The van der Waals surface area contributed by atoms with Gasteiger partial charge in [0.2, 0.25) is 12.6 Å². The quantitative estimate of drug-likeness (QED) is 0.650. The Balaban J connectivity index is 0.00000161. The van der Waals surface area contributed by atoms with E-state index in [4.69, 9.17) is 9.47 Å². The van der Waals surface area contributed by atoms with Crippen LogP contribution < -0.4 is 31.4 Å². The molecule has 0 aromatic heterocycles. The number of rotatable bonds is 5. The Bertz CT molecular complexity index is 500. The lowest BCUT2D eigenvalue weighted by molar-refractivity contribution is -0.903. The van der Waals surface area contributed by atoms with Crippen LogP contribution in [0, 0.1) is 0 Å². The number of carbonyl (C=O) groups is 1. The fourth-order valence-corrected chi connectivity index (χ4v) is 3.24. The van der Waals surface area contributed by atoms with Crippen molar-refractivity contribution in [1.82, 2.24) is 0 Å². The molecule has 2 aliphatic heterocycles. The van der Waals surface area contributed by atoms with Gasteiger partial charge in [0, 0.05) is 24.8 Å². The number of ketones is 1. The summed E-state index contributed by atoms with van der Waals surface area (Å²) in [6.45, 7) is 4.65. The summed E-state index contributed by atoms with van der Waals surface area (Å²) in [5.74, 6) is 1.69. The monoisotopic (exact) mass is 355 g/mol. The van der Waals surface area contributed by atoms with Crippen molar-refractivity contribution in [2.24, 2.45) is 0 Å². The number of hydrogen-bond donors (Lipinski definition) is 1. The molecule has 1 saturated heterocycles. The van der Waals surface area contributed by atoms with Crippen molar-refractivity contribution in [2.75, 3.05) is 19.9 Å². The van der Waals surface area contributed by atoms with Crippen LogP contribution in [0.25, 0.3) is 0 Å². The lowest BCUT2D eigenvalue weighted by Gasteiger charge is -2.23. The van der Waals surface area contributed by atoms with Gasteiger partial charge in [-0.05, 0) is 18.2 Å². The Morgan fingerprint density at radius 1 is 1.24 bits per heavy atom. The first-order valence-electron chi connectivity index (χ1n) is 7.58. The Labute approximate surface area is 136 Å². The predicted octanol–water partition coefficient (Wildman–Crippen LogP) is -1.55. The van der Waals surface area contributed by atoms with Gasteiger partial charge in [-0.1, -0.05) is 13.3 Å². The zero-order valence-corrected chi connectivity index (χ0v) is 13.9. The Morgan fingerprint density at radius 2 is 1.95 bits per heavy atom. The zero-order valence-electron chi connectivity index (χ0n) is 12.4. The van der Waals surface area contributed by atoms with Gasteiger partial charge in [-0.15, -0.1) is 0 Å². The molecule has 2 aliphatic rings. The zero-order chi connectivity index (χ0) is 13.9. The smallest absolute Gasteiger partial charge is 0.231 e. The SMILES string of the molecule is CCC[C@H](C(=O)c1ccc2c(c1)OCO2)[NH+]1CCCC1.[Br-]. The highest BCUT2D eigenvalue weighted by atomic mass is 79.9. The topological polar surface area (TPSA) is 40.0 Å². The molecule has 0 amide bonds. The Hall–Kier alpha value is -1.07. The van der Waals surface area contributed by atoms with E-state index >= 15 is 0 Å². The van der Waals surface area contributed by atoms with Crippen LogP contribution in [0.1, 0.15) is 43.0 Å². The molecule has 4 nitrogen and oxygen atoms in total. The van der Waals surface area contributed by atoms with Crippen LogP contribution in [0.3, 0.4) is 0 Å². The molecule has 0 unspecified atom stereocenters. The molecule has 1 N–H and O–H groups in total. The summed E-state index contributed by atoms with van der Waals surface area (Å²) in [6.07, 6.45) is 4.49. The molecule has 2 heterocycles. The Morgan fingerprint density at radius 3 is 2.67 bits per heavy atom. The highest BCUT2D eigenvalue weighted by molar-refractivity contribution is 5.99. The number of nitrogens with one attached hydrogen (secondary N) is 1. The molecule has 116 valence electrons. The molecule has 0 bridgehead atoms. The number of ether oxygens (including phenoxy) is 2. The second-order valence-corrected chi connectivity index (χ2v) is 5.64. The summed E-state index contributed by atoms with van der Waals surface area (Å²) in [5.41, 5.74) is 0.757. The van der Waals surface area contributed by atoms with Crippen molar-refractivity contribution >= 4 is 5.78 Å². The number of quaternary nitrogens is 1. The first kappa shape index (κ1) is 16.3. The number of benzene rings is 1. The third-order valence-electron chi connectivity index (χ3n) is 4.29. The van der Waals surface area contributed by atoms with Crippen LogP contribution in [-0.2, 0) is 0 Å². The molecule has 1 fully saturated rings. The van der Waals surface area contributed by atoms with Gasteiger partial charge in [0.05, 0.1) is 13.1 Å². The van der Waals surface area contributed by atoms with Gasteiger partial charge < -0.3 is 31.4 Å². The van der Waals surface area contributed by atoms with E-state index in [0.29, 0.717) is 5.75 Å². The maximum Gasteiger partial charge on any atom is 0.231 e. The maximum absolute atomic E-state index is 12.8. The van der Waals surface area contributed by atoms with Crippen LogP contribution in [0.2, 0.25) is 0 Å². The van der Waals surface area contributed by atoms with Crippen molar-refractivity contribution in [3.8, 4) is 11.5 Å². The molecular formula is C16H22BrNO3. The molecular weight excluding hydrogens is 334 g/mol. The van der Waals surface area contributed by atoms with Crippen molar-refractivity contribution in [3.05, 3.63) is 23.8 Å². The second-order valence-electron chi connectivity index (χ2n) is 5.64. The molecule has 1 aromatic carbocycles. The molecule has 3 rings (SSSR count). The number of fused-ring (bicyclic) bond motifs is 1. The van der Waals surface area contributed by atoms with Gasteiger partial charge in [0.25, 0.3) is 0 Å². The van der Waals surface area contributed by atoms with Gasteiger partial charge in [0.15, 0.2) is 17.5 Å². The molecule has 0 spiro atoms. The summed E-state index contributed by atoms with van der Waals surface area (Å²) in [7, 11) is 0. The van der Waals surface area contributed by atoms with E-state index < -0.39 is 0 Å². The molecule has 21 heavy (non-hydrogen) atoms. The van der Waals surface area contributed by atoms with Gasteiger partial charge >= 0.3 is 0 Å². The van der Waals surface area contributed by atoms with E-state index in [-0.39, 0.29) is 35.6 Å². The van der Waals surface area contributed by atoms with E-state index in [2.05, 4.69) is 6.92 Å².